The van der Waals surface area contributed by atoms with E-state index in [-0.39, 0.29) is 11.6 Å². The van der Waals surface area contributed by atoms with Crippen molar-refractivity contribution in [2.45, 2.75) is 6.54 Å². The molecule has 0 aliphatic carbocycles. The molecular weight excluding hydrogens is 388 g/mol. The normalized spacial score (nSPS) is 10.6. The Bertz CT molecular complexity index is 817. The van der Waals surface area contributed by atoms with Gasteiger partial charge in [0.05, 0.1) is 12.7 Å². The van der Waals surface area contributed by atoms with Gasteiger partial charge in [-0.1, -0.05) is 11.6 Å². The topological polar surface area (TPSA) is 59.8 Å². The molecular formula is C14H10BrClN4OS. The number of hydrogen-bond donors (Lipinski definition) is 1. The molecule has 0 saturated carbocycles. The highest BCUT2D eigenvalue weighted by Crippen LogP contribution is 2.21. The van der Waals surface area contributed by atoms with Crippen LogP contribution in [-0.4, -0.2) is 20.7 Å². The van der Waals surface area contributed by atoms with Crippen LogP contribution in [0, 0.1) is 0 Å². The van der Waals surface area contributed by atoms with Crippen molar-refractivity contribution in [3.05, 3.63) is 62.1 Å². The van der Waals surface area contributed by atoms with Crippen LogP contribution in [0.3, 0.4) is 0 Å². The molecule has 8 heteroatoms. The molecule has 0 saturated heterocycles. The summed E-state index contributed by atoms with van der Waals surface area (Å²) in [5.41, 5.74) is 0.263. The molecule has 0 bridgehead atoms. The van der Waals surface area contributed by atoms with Crippen molar-refractivity contribution in [3.8, 4) is 0 Å². The highest BCUT2D eigenvalue weighted by atomic mass is 79.9. The second-order valence-electron chi connectivity index (χ2n) is 4.42. The Labute approximate surface area is 144 Å². The van der Waals surface area contributed by atoms with Gasteiger partial charge in [-0.15, -0.1) is 11.3 Å². The number of amides is 1. The molecule has 3 rings (SSSR count). The van der Waals surface area contributed by atoms with E-state index in [2.05, 4.69) is 31.3 Å². The zero-order chi connectivity index (χ0) is 15.5. The first-order valence-corrected chi connectivity index (χ1v) is 8.34. The van der Waals surface area contributed by atoms with Gasteiger partial charge in [-0.25, -0.2) is 4.68 Å². The van der Waals surface area contributed by atoms with Gasteiger partial charge in [0, 0.05) is 32.0 Å². The van der Waals surface area contributed by atoms with E-state index in [9.17, 15) is 4.79 Å². The summed E-state index contributed by atoms with van der Waals surface area (Å²) in [6.07, 6.45) is 3.14. The van der Waals surface area contributed by atoms with Gasteiger partial charge < -0.3 is 5.32 Å². The first-order chi connectivity index (χ1) is 10.6. The van der Waals surface area contributed by atoms with Crippen molar-refractivity contribution < 1.29 is 4.79 Å². The average Bonchev–Trinajstić information content (AvgIpc) is 3.09. The zero-order valence-corrected chi connectivity index (χ0v) is 14.3. The molecule has 0 radical (unpaired) electrons. The molecule has 0 atom stereocenters. The lowest BCUT2D eigenvalue weighted by Gasteiger charge is -2.08. The number of rotatable bonds is 4. The molecule has 1 N–H and O–H groups in total. The number of hydrogen-bond acceptors (Lipinski definition) is 4. The second-order valence-corrected chi connectivity index (χ2v) is 6.77. The Hall–Kier alpha value is -1.70. The number of nitrogens with one attached hydrogen (secondary N) is 1. The first kappa shape index (κ1) is 15.2. The number of pyridine rings is 1. The Morgan fingerprint density at radius 2 is 2.23 bits per heavy atom. The lowest BCUT2D eigenvalue weighted by molar-refractivity contribution is 0.102. The minimum Gasteiger partial charge on any atom is -0.305 e. The maximum Gasteiger partial charge on any atom is 0.275 e. The van der Waals surface area contributed by atoms with Crippen molar-refractivity contribution in [2.75, 3.05) is 5.32 Å². The fourth-order valence-corrected chi connectivity index (χ4v) is 3.45. The monoisotopic (exact) mass is 396 g/mol. The first-order valence-electron chi connectivity index (χ1n) is 6.29. The molecule has 5 nitrogen and oxygen atoms in total. The van der Waals surface area contributed by atoms with Crippen LogP contribution in [0.15, 0.2) is 46.5 Å². The Kier molecular flexibility index (Phi) is 4.56. The van der Waals surface area contributed by atoms with Crippen LogP contribution in [0.1, 0.15) is 15.4 Å². The van der Waals surface area contributed by atoms with Gasteiger partial charge in [0.1, 0.15) is 11.5 Å². The van der Waals surface area contributed by atoms with Crippen molar-refractivity contribution >= 4 is 50.6 Å². The quantitative estimate of drug-likeness (QED) is 0.722. The second kappa shape index (κ2) is 6.60. The van der Waals surface area contributed by atoms with Gasteiger partial charge >= 0.3 is 0 Å². The minimum atomic E-state index is -0.323. The predicted molar refractivity (Wildman–Crippen MR) is 90.5 cm³/mol. The fourth-order valence-electron chi connectivity index (χ4n) is 1.86. The third-order valence-electron chi connectivity index (χ3n) is 2.84. The number of aromatic nitrogens is 3. The van der Waals surface area contributed by atoms with E-state index in [0.29, 0.717) is 17.4 Å². The number of nitrogens with zero attached hydrogens (tertiary/aromatic N) is 3. The molecule has 0 spiro atoms. The largest absolute Gasteiger partial charge is 0.305 e. The van der Waals surface area contributed by atoms with Crippen LogP contribution in [0.2, 0.25) is 5.02 Å². The summed E-state index contributed by atoms with van der Waals surface area (Å²) < 4.78 is 2.76. The van der Waals surface area contributed by atoms with Crippen LogP contribution in [0.5, 0.6) is 0 Å². The fraction of sp³-hybridized carbons (Fsp3) is 0.0714. The molecule has 3 aromatic heterocycles. The molecule has 3 aromatic rings. The van der Waals surface area contributed by atoms with Gasteiger partial charge in [-0.2, -0.15) is 5.10 Å². The molecule has 112 valence electrons. The summed E-state index contributed by atoms with van der Waals surface area (Å²) in [6, 6.07) is 6.91. The van der Waals surface area contributed by atoms with E-state index < -0.39 is 0 Å². The van der Waals surface area contributed by atoms with Crippen LogP contribution in [0.25, 0.3) is 0 Å². The standard InChI is InChI=1S/C14H10BrClN4OS/c15-9-5-11(22-8-9)7-20-13(2-4-18-20)19-14(21)12-6-10(16)1-3-17-12/h1-6,8H,7H2,(H,19,21). The summed E-state index contributed by atoms with van der Waals surface area (Å²) in [5.74, 6) is 0.285. The molecule has 0 fully saturated rings. The summed E-state index contributed by atoms with van der Waals surface area (Å²) in [5, 5.41) is 9.50. The number of carbonyl (C=O) groups excluding carboxylic acids is 1. The molecule has 3 heterocycles. The summed E-state index contributed by atoms with van der Waals surface area (Å²) in [4.78, 5) is 17.3. The lowest BCUT2D eigenvalue weighted by Crippen LogP contribution is -2.17. The van der Waals surface area contributed by atoms with E-state index in [0.717, 1.165) is 9.35 Å². The Balaban J connectivity index is 1.76. The average molecular weight is 398 g/mol. The lowest BCUT2D eigenvalue weighted by atomic mass is 10.3. The van der Waals surface area contributed by atoms with E-state index in [4.69, 9.17) is 11.6 Å². The van der Waals surface area contributed by atoms with Gasteiger partial charge in [-0.3, -0.25) is 9.78 Å². The maximum atomic E-state index is 12.2. The zero-order valence-electron chi connectivity index (χ0n) is 11.2. The van der Waals surface area contributed by atoms with Crippen LogP contribution in [0.4, 0.5) is 5.82 Å². The maximum absolute atomic E-state index is 12.2. The van der Waals surface area contributed by atoms with Crippen molar-refractivity contribution in [1.29, 1.82) is 0 Å². The van der Waals surface area contributed by atoms with Gasteiger partial charge in [0.2, 0.25) is 0 Å². The van der Waals surface area contributed by atoms with E-state index in [1.165, 1.54) is 12.3 Å². The minimum absolute atomic E-state index is 0.263. The van der Waals surface area contributed by atoms with Crippen LogP contribution < -0.4 is 5.32 Å². The van der Waals surface area contributed by atoms with Crippen molar-refractivity contribution in [3.63, 3.8) is 0 Å². The van der Waals surface area contributed by atoms with E-state index in [1.807, 2.05) is 11.4 Å². The third kappa shape index (κ3) is 3.55. The number of carbonyl (C=O) groups is 1. The van der Waals surface area contributed by atoms with Gasteiger partial charge in [0.25, 0.3) is 5.91 Å². The summed E-state index contributed by atoms with van der Waals surface area (Å²) >= 11 is 10.9. The molecule has 1 amide bonds. The number of thiophene rings is 1. The molecule has 22 heavy (non-hydrogen) atoms. The smallest absolute Gasteiger partial charge is 0.275 e. The molecule has 0 aliphatic heterocycles. The van der Waals surface area contributed by atoms with Gasteiger partial charge in [0.15, 0.2) is 0 Å². The molecule has 0 aliphatic rings. The number of anilines is 1. The molecule has 0 aromatic carbocycles. The summed E-state index contributed by atoms with van der Waals surface area (Å²) in [7, 11) is 0. The Morgan fingerprint density at radius 3 is 2.95 bits per heavy atom. The SMILES string of the molecule is O=C(Nc1ccnn1Cc1cc(Br)cs1)c1cc(Cl)ccn1. The number of halogens is 2. The van der Waals surface area contributed by atoms with Crippen molar-refractivity contribution in [1.82, 2.24) is 14.8 Å². The van der Waals surface area contributed by atoms with E-state index in [1.54, 1.807) is 34.3 Å². The highest BCUT2D eigenvalue weighted by molar-refractivity contribution is 9.10. The third-order valence-corrected chi connectivity index (χ3v) is 4.76. The summed E-state index contributed by atoms with van der Waals surface area (Å²) in [6.45, 7) is 0.585. The van der Waals surface area contributed by atoms with Crippen molar-refractivity contribution in [2.24, 2.45) is 0 Å². The van der Waals surface area contributed by atoms with Gasteiger partial charge in [-0.05, 0) is 34.1 Å². The Morgan fingerprint density at radius 1 is 1.36 bits per heavy atom. The van der Waals surface area contributed by atoms with E-state index >= 15 is 0 Å². The predicted octanol–water partition coefficient (Wildman–Crippen LogP) is 4.06. The highest BCUT2D eigenvalue weighted by Gasteiger charge is 2.12. The molecule has 0 unspecified atom stereocenters. The van der Waals surface area contributed by atoms with Crippen LogP contribution in [-0.2, 0) is 6.54 Å². The van der Waals surface area contributed by atoms with Crippen LogP contribution >= 0.6 is 38.9 Å².